The number of benzene rings is 2. The predicted octanol–water partition coefficient (Wildman–Crippen LogP) is 2.27. The molecule has 0 unspecified atom stereocenters. The summed E-state index contributed by atoms with van der Waals surface area (Å²) in [5, 5.41) is 2.62. The fourth-order valence-electron chi connectivity index (χ4n) is 2.47. The number of anilines is 1. The normalized spacial score (nSPS) is 10.6. The molecule has 1 heterocycles. The first-order chi connectivity index (χ1) is 11.9. The minimum Gasteiger partial charge on any atom is -0.452 e. The van der Waals surface area contributed by atoms with E-state index in [0.29, 0.717) is 22.3 Å². The van der Waals surface area contributed by atoms with E-state index in [9.17, 15) is 14.4 Å². The molecule has 2 aromatic carbocycles. The number of imidazole rings is 1. The van der Waals surface area contributed by atoms with Crippen LogP contribution < -0.4 is 11.0 Å². The standard InChI is InChI=1S/C18H17N3O4/c1-10-3-4-11(2)13(7-10)17(23)25-9-16(22)19-12-5-6-14-15(8-12)21-18(24)20-14/h3-8H,9H2,1-2H3,(H,19,22)(H2,20,21,24). The van der Waals surface area contributed by atoms with Crippen LogP contribution in [0.5, 0.6) is 0 Å². The molecule has 0 aliphatic carbocycles. The quantitative estimate of drug-likeness (QED) is 0.634. The number of carbonyl (C=O) groups excluding carboxylic acids is 2. The Labute approximate surface area is 143 Å². The Bertz CT molecular complexity index is 1020. The molecular formula is C18H17N3O4. The zero-order valence-electron chi connectivity index (χ0n) is 13.8. The van der Waals surface area contributed by atoms with Crippen molar-refractivity contribution in [2.75, 3.05) is 11.9 Å². The maximum atomic E-state index is 12.1. The fourth-order valence-corrected chi connectivity index (χ4v) is 2.47. The highest BCUT2D eigenvalue weighted by Gasteiger charge is 2.13. The molecule has 25 heavy (non-hydrogen) atoms. The lowest BCUT2D eigenvalue weighted by molar-refractivity contribution is -0.119. The lowest BCUT2D eigenvalue weighted by Crippen LogP contribution is -2.21. The maximum absolute atomic E-state index is 12.1. The molecule has 7 nitrogen and oxygen atoms in total. The highest BCUT2D eigenvalue weighted by molar-refractivity contribution is 5.97. The lowest BCUT2D eigenvalue weighted by Gasteiger charge is -2.09. The van der Waals surface area contributed by atoms with Crippen LogP contribution in [0.1, 0.15) is 21.5 Å². The monoisotopic (exact) mass is 339 g/mol. The largest absolute Gasteiger partial charge is 0.452 e. The van der Waals surface area contributed by atoms with Crippen molar-refractivity contribution in [3.8, 4) is 0 Å². The third-order valence-corrected chi connectivity index (χ3v) is 3.75. The van der Waals surface area contributed by atoms with E-state index >= 15 is 0 Å². The van der Waals surface area contributed by atoms with Gasteiger partial charge in [0.15, 0.2) is 6.61 Å². The molecule has 3 rings (SSSR count). The molecule has 0 aliphatic rings. The lowest BCUT2D eigenvalue weighted by atomic mass is 10.1. The van der Waals surface area contributed by atoms with E-state index in [1.807, 2.05) is 26.0 Å². The third kappa shape index (κ3) is 3.77. The van der Waals surface area contributed by atoms with Crippen LogP contribution in [0.4, 0.5) is 5.69 Å². The Balaban J connectivity index is 1.62. The van der Waals surface area contributed by atoms with Gasteiger partial charge in [0.05, 0.1) is 16.6 Å². The summed E-state index contributed by atoms with van der Waals surface area (Å²) in [6.45, 7) is 3.29. The Kier molecular flexibility index (Phi) is 4.38. The number of ether oxygens (including phenoxy) is 1. The molecule has 0 spiro atoms. The molecule has 0 fully saturated rings. The number of aromatic nitrogens is 2. The van der Waals surface area contributed by atoms with Gasteiger partial charge < -0.3 is 20.0 Å². The molecule has 0 saturated heterocycles. The summed E-state index contributed by atoms with van der Waals surface area (Å²) in [5.74, 6) is -1.00. The van der Waals surface area contributed by atoms with Crippen molar-refractivity contribution in [2.45, 2.75) is 13.8 Å². The van der Waals surface area contributed by atoms with E-state index in [1.165, 1.54) is 0 Å². The van der Waals surface area contributed by atoms with Gasteiger partial charge in [0.2, 0.25) is 0 Å². The average Bonchev–Trinajstić information content (AvgIpc) is 2.94. The number of aryl methyl sites for hydroxylation is 2. The van der Waals surface area contributed by atoms with Crippen LogP contribution >= 0.6 is 0 Å². The first-order valence-corrected chi connectivity index (χ1v) is 7.68. The molecule has 128 valence electrons. The Morgan fingerprint density at radius 2 is 1.80 bits per heavy atom. The van der Waals surface area contributed by atoms with Crippen molar-refractivity contribution in [3.63, 3.8) is 0 Å². The molecular weight excluding hydrogens is 322 g/mol. The number of hydrogen-bond acceptors (Lipinski definition) is 4. The molecule has 0 radical (unpaired) electrons. The molecule has 3 aromatic rings. The maximum Gasteiger partial charge on any atom is 0.338 e. The second-order valence-corrected chi connectivity index (χ2v) is 5.78. The number of esters is 1. The minimum atomic E-state index is -0.540. The molecule has 0 aliphatic heterocycles. The number of hydrogen-bond donors (Lipinski definition) is 3. The fraction of sp³-hybridized carbons (Fsp3) is 0.167. The van der Waals surface area contributed by atoms with Gasteiger partial charge in [0, 0.05) is 5.69 Å². The third-order valence-electron chi connectivity index (χ3n) is 3.75. The number of carbonyl (C=O) groups is 2. The van der Waals surface area contributed by atoms with E-state index in [-0.39, 0.29) is 5.69 Å². The van der Waals surface area contributed by atoms with Crippen molar-refractivity contribution < 1.29 is 14.3 Å². The molecule has 1 aromatic heterocycles. The van der Waals surface area contributed by atoms with Crippen LogP contribution in [-0.4, -0.2) is 28.5 Å². The second kappa shape index (κ2) is 6.64. The van der Waals surface area contributed by atoms with E-state index < -0.39 is 18.5 Å². The van der Waals surface area contributed by atoms with Gasteiger partial charge in [-0.25, -0.2) is 9.59 Å². The summed E-state index contributed by atoms with van der Waals surface area (Å²) in [6.07, 6.45) is 0. The van der Waals surface area contributed by atoms with Crippen LogP contribution in [0.15, 0.2) is 41.2 Å². The van der Waals surface area contributed by atoms with Gasteiger partial charge in [-0.3, -0.25) is 4.79 Å². The van der Waals surface area contributed by atoms with Crippen LogP contribution in [0.2, 0.25) is 0 Å². The highest BCUT2D eigenvalue weighted by atomic mass is 16.5. The van der Waals surface area contributed by atoms with Gasteiger partial charge in [0.25, 0.3) is 5.91 Å². The summed E-state index contributed by atoms with van der Waals surface area (Å²) < 4.78 is 5.07. The molecule has 0 atom stereocenters. The van der Waals surface area contributed by atoms with Gasteiger partial charge in [-0.2, -0.15) is 0 Å². The van der Waals surface area contributed by atoms with E-state index in [2.05, 4.69) is 15.3 Å². The van der Waals surface area contributed by atoms with Crippen molar-refractivity contribution in [1.82, 2.24) is 9.97 Å². The number of H-pyrrole nitrogens is 2. The summed E-state index contributed by atoms with van der Waals surface area (Å²) >= 11 is 0. The van der Waals surface area contributed by atoms with E-state index in [0.717, 1.165) is 11.1 Å². The molecule has 1 amide bonds. The molecule has 3 N–H and O–H groups in total. The van der Waals surface area contributed by atoms with Gasteiger partial charge in [-0.05, 0) is 43.7 Å². The summed E-state index contributed by atoms with van der Waals surface area (Å²) in [5.41, 5.74) is 3.57. The highest BCUT2D eigenvalue weighted by Crippen LogP contribution is 2.15. The Hall–Kier alpha value is -3.35. The Morgan fingerprint density at radius 3 is 2.60 bits per heavy atom. The number of aromatic amines is 2. The van der Waals surface area contributed by atoms with E-state index in [4.69, 9.17) is 4.74 Å². The minimum absolute atomic E-state index is 0.319. The van der Waals surface area contributed by atoms with Gasteiger partial charge in [-0.15, -0.1) is 0 Å². The van der Waals surface area contributed by atoms with Crippen molar-refractivity contribution in [3.05, 3.63) is 63.6 Å². The average molecular weight is 339 g/mol. The van der Waals surface area contributed by atoms with Gasteiger partial charge >= 0.3 is 11.7 Å². The summed E-state index contributed by atoms with van der Waals surface area (Å²) in [7, 11) is 0. The number of amides is 1. The van der Waals surface area contributed by atoms with Crippen molar-refractivity contribution in [2.24, 2.45) is 0 Å². The smallest absolute Gasteiger partial charge is 0.338 e. The van der Waals surface area contributed by atoms with Crippen molar-refractivity contribution >= 4 is 28.6 Å². The zero-order chi connectivity index (χ0) is 18.0. The van der Waals surface area contributed by atoms with Crippen LogP contribution in [0.3, 0.4) is 0 Å². The van der Waals surface area contributed by atoms with Crippen LogP contribution in [-0.2, 0) is 9.53 Å². The van der Waals surface area contributed by atoms with Gasteiger partial charge in [-0.1, -0.05) is 17.7 Å². The topological polar surface area (TPSA) is 104 Å². The Morgan fingerprint density at radius 1 is 1.04 bits per heavy atom. The van der Waals surface area contributed by atoms with Crippen LogP contribution in [0.25, 0.3) is 11.0 Å². The number of fused-ring (bicyclic) bond motifs is 1. The first kappa shape index (κ1) is 16.5. The zero-order valence-corrected chi connectivity index (χ0v) is 13.8. The molecule has 0 bridgehead atoms. The predicted molar refractivity (Wildman–Crippen MR) is 93.7 cm³/mol. The van der Waals surface area contributed by atoms with Crippen molar-refractivity contribution in [1.29, 1.82) is 0 Å². The van der Waals surface area contributed by atoms with Gasteiger partial charge in [0.1, 0.15) is 0 Å². The molecule has 0 saturated carbocycles. The molecule has 7 heteroatoms. The SMILES string of the molecule is Cc1ccc(C)c(C(=O)OCC(=O)Nc2ccc3[nH]c(=O)[nH]c3c2)c1. The summed E-state index contributed by atoms with van der Waals surface area (Å²) in [6, 6.07) is 10.4. The van der Waals surface area contributed by atoms with E-state index in [1.54, 1.807) is 24.3 Å². The summed E-state index contributed by atoms with van der Waals surface area (Å²) in [4.78, 5) is 40.5. The second-order valence-electron chi connectivity index (χ2n) is 5.78. The van der Waals surface area contributed by atoms with Crippen LogP contribution in [0, 0.1) is 13.8 Å². The first-order valence-electron chi connectivity index (χ1n) is 7.68. The number of rotatable bonds is 4. The number of nitrogens with one attached hydrogen (secondary N) is 3.